The van der Waals surface area contributed by atoms with Crippen LogP contribution >= 0.6 is 0 Å². The van der Waals surface area contributed by atoms with E-state index in [4.69, 9.17) is 4.74 Å². The van der Waals surface area contributed by atoms with Gasteiger partial charge in [-0.2, -0.15) is 0 Å². The molecule has 2 amide bonds. The van der Waals surface area contributed by atoms with E-state index in [9.17, 15) is 9.59 Å². The SMILES string of the molecule is COc1cccc(NC(=O)C2CCC(C(=O)N(C)Cc3ccccc3)CC2)c1. The van der Waals surface area contributed by atoms with Crippen LogP contribution in [0.5, 0.6) is 5.75 Å². The molecule has 1 aliphatic carbocycles. The lowest BCUT2D eigenvalue weighted by Crippen LogP contribution is -2.36. The largest absolute Gasteiger partial charge is 0.497 e. The van der Waals surface area contributed by atoms with Gasteiger partial charge in [-0.15, -0.1) is 0 Å². The molecule has 0 unspecified atom stereocenters. The Labute approximate surface area is 166 Å². The average Bonchev–Trinajstić information content (AvgIpc) is 2.74. The van der Waals surface area contributed by atoms with Gasteiger partial charge in [-0.25, -0.2) is 0 Å². The third kappa shape index (κ3) is 5.12. The van der Waals surface area contributed by atoms with Crippen LogP contribution in [-0.4, -0.2) is 30.9 Å². The smallest absolute Gasteiger partial charge is 0.227 e. The first-order valence-corrected chi connectivity index (χ1v) is 9.80. The highest BCUT2D eigenvalue weighted by Gasteiger charge is 2.31. The zero-order chi connectivity index (χ0) is 19.9. The summed E-state index contributed by atoms with van der Waals surface area (Å²) < 4.78 is 5.19. The molecule has 5 nitrogen and oxygen atoms in total. The number of nitrogens with zero attached hydrogens (tertiary/aromatic N) is 1. The number of carbonyl (C=O) groups excluding carboxylic acids is 2. The first-order chi connectivity index (χ1) is 13.6. The van der Waals surface area contributed by atoms with Gasteiger partial charge in [0, 0.05) is 37.2 Å². The van der Waals surface area contributed by atoms with Crippen LogP contribution in [0.15, 0.2) is 54.6 Å². The molecule has 0 bridgehead atoms. The Bertz CT molecular complexity index is 799. The zero-order valence-corrected chi connectivity index (χ0v) is 16.6. The van der Waals surface area contributed by atoms with E-state index in [1.54, 1.807) is 12.0 Å². The maximum Gasteiger partial charge on any atom is 0.227 e. The second-order valence-corrected chi connectivity index (χ2v) is 7.45. The summed E-state index contributed by atoms with van der Waals surface area (Å²) in [5.41, 5.74) is 1.87. The van der Waals surface area contributed by atoms with Gasteiger partial charge in [0.2, 0.25) is 11.8 Å². The van der Waals surface area contributed by atoms with Crippen molar-refractivity contribution in [3.05, 3.63) is 60.2 Å². The summed E-state index contributed by atoms with van der Waals surface area (Å²) in [6, 6.07) is 17.4. The van der Waals surface area contributed by atoms with E-state index in [0.29, 0.717) is 12.3 Å². The Hall–Kier alpha value is -2.82. The maximum absolute atomic E-state index is 12.8. The van der Waals surface area contributed by atoms with Crippen LogP contribution in [0.25, 0.3) is 0 Å². The lowest BCUT2D eigenvalue weighted by Gasteiger charge is -2.30. The standard InChI is InChI=1S/C23H28N2O3/c1-25(16-17-7-4-3-5-8-17)23(27)19-13-11-18(12-14-19)22(26)24-20-9-6-10-21(15-20)28-2/h3-10,15,18-19H,11-14,16H2,1-2H3,(H,24,26). The van der Waals surface area contributed by atoms with Crippen molar-refractivity contribution in [1.82, 2.24) is 4.90 Å². The van der Waals surface area contributed by atoms with Crippen LogP contribution in [0.3, 0.4) is 0 Å². The Kier molecular flexibility index (Phi) is 6.69. The fourth-order valence-corrected chi connectivity index (χ4v) is 3.79. The van der Waals surface area contributed by atoms with Crippen molar-refractivity contribution < 1.29 is 14.3 Å². The third-order valence-corrected chi connectivity index (χ3v) is 5.42. The summed E-state index contributed by atoms with van der Waals surface area (Å²) in [5, 5.41) is 2.97. The van der Waals surface area contributed by atoms with Crippen LogP contribution in [0, 0.1) is 11.8 Å². The van der Waals surface area contributed by atoms with Gasteiger partial charge in [-0.3, -0.25) is 9.59 Å². The molecule has 0 saturated heterocycles. The molecule has 0 aromatic heterocycles. The van der Waals surface area contributed by atoms with E-state index in [0.717, 1.165) is 36.9 Å². The van der Waals surface area contributed by atoms with Crippen LogP contribution < -0.4 is 10.1 Å². The summed E-state index contributed by atoms with van der Waals surface area (Å²) in [6.45, 7) is 0.621. The van der Waals surface area contributed by atoms with E-state index in [1.165, 1.54) is 0 Å². The molecule has 148 valence electrons. The first kappa shape index (κ1) is 19.9. The van der Waals surface area contributed by atoms with Gasteiger partial charge in [0.15, 0.2) is 0 Å². The summed E-state index contributed by atoms with van der Waals surface area (Å²) >= 11 is 0. The van der Waals surface area contributed by atoms with Crippen molar-refractivity contribution >= 4 is 17.5 Å². The molecule has 5 heteroatoms. The van der Waals surface area contributed by atoms with Crippen molar-refractivity contribution in [2.24, 2.45) is 11.8 Å². The number of hydrogen-bond acceptors (Lipinski definition) is 3. The minimum atomic E-state index is -0.0466. The van der Waals surface area contributed by atoms with Gasteiger partial charge in [0.05, 0.1) is 7.11 Å². The molecular formula is C23H28N2O3. The Morgan fingerprint density at radius 2 is 1.68 bits per heavy atom. The molecule has 2 aromatic carbocycles. The van der Waals surface area contributed by atoms with Crippen molar-refractivity contribution in [2.45, 2.75) is 32.2 Å². The number of methoxy groups -OCH3 is 1. The molecule has 1 N–H and O–H groups in total. The monoisotopic (exact) mass is 380 g/mol. The summed E-state index contributed by atoms with van der Waals surface area (Å²) in [5.74, 6) is 0.880. The second-order valence-electron chi connectivity index (χ2n) is 7.45. The molecule has 3 rings (SSSR count). The van der Waals surface area contributed by atoms with Gasteiger partial charge in [0.25, 0.3) is 0 Å². The number of benzene rings is 2. The molecule has 0 spiro atoms. The van der Waals surface area contributed by atoms with E-state index in [1.807, 2.05) is 61.6 Å². The van der Waals surface area contributed by atoms with Gasteiger partial charge < -0.3 is 15.0 Å². The number of hydrogen-bond donors (Lipinski definition) is 1. The number of anilines is 1. The predicted molar refractivity (Wildman–Crippen MR) is 110 cm³/mol. The summed E-state index contributed by atoms with van der Waals surface area (Å²) in [7, 11) is 3.46. The predicted octanol–water partition coefficient (Wildman–Crippen LogP) is 4.10. The molecule has 0 atom stereocenters. The molecule has 1 saturated carbocycles. The molecule has 1 fully saturated rings. The molecule has 28 heavy (non-hydrogen) atoms. The maximum atomic E-state index is 12.8. The van der Waals surface area contributed by atoms with Crippen LogP contribution in [0.1, 0.15) is 31.2 Å². The molecule has 0 radical (unpaired) electrons. The average molecular weight is 380 g/mol. The van der Waals surface area contributed by atoms with Crippen LogP contribution in [0.2, 0.25) is 0 Å². The number of ether oxygens (including phenoxy) is 1. The number of amides is 2. The Balaban J connectivity index is 1.49. The highest BCUT2D eigenvalue weighted by atomic mass is 16.5. The minimum absolute atomic E-state index is 0.00887. The molecule has 0 aliphatic heterocycles. The highest BCUT2D eigenvalue weighted by Crippen LogP contribution is 2.31. The molecule has 2 aromatic rings. The summed E-state index contributed by atoms with van der Waals surface area (Å²) in [6.07, 6.45) is 3.00. The van der Waals surface area contributed by atoms with E-state index >= 15 is 0 Å². The van der Waals surface area contributed by atoms with Crippen LogP contribution in [0.4, 0.5) is 5.69 Å². The van der Waals surface area contributed by atoms with E-state index in [2.05, 4.69) is 5.32 Å². The van der Waals surface area contributed by atoms with Gasteiger partial charge in [-0.1, -0.05) is 36.4 Å². The normalized spacial score (nSPS) is 18.9. The van der Waals surface area contributed by atoms with Crippen molar-refractivity contribution in [3.63, 3.8) is 0 Å². The van der Waals surface area contributed by atoms with Crippen molar-refractivity contribution in [3.8, 4) is 5.75 Å². The van der Waals surface area contributed by atoms with E-state index < -0.39 is 0 Å². The first-order valence-electron chi connectivity index (χ1n) is 9.80. The fraction of sp³-hybridized carbons (Fsp3) is 0.391. The Morgan fingerprint density at radius 3 is 2.36 bits per heavy atom. The quantitative estimate of drug-likeness (QED) is 0.821. The van der Waals surface area contributed by atoms with Gasteiger partial charge in [0.1, 0.15) is 5.75 Å². The summed E-state index contributed by atoms with van der Waals surface area (Å²) in [4.78, 5) is 27.1. The number of rotatable bonds is 6. The topological polar surface area (TPSA) is 58.6 Å². The number of nitrogens with one attached hydrogen (secondary N) is 1. The van der Waals surface area contributed by atoms with Gasteiger partial charge >= 0.3 is 0 Å². The second kappa shape index (κ2) is 9.40. The lowest BCUT2D eigenvalue weighted by molar-refractivity contribution is -0.137. The fourth-order valence-electron chi connectivity index (χ4n) is 3.79. The third-order valence-electron chi connectivity index (χ3n) is 5.42. The van der Waals surface area contributed by atoms with Crippen molar-refractivity contribution in [1.29, 1.82) is 0 Å². The van der Waals surface area contributed by atoms with E-state index in [-0.39, 0.29) is 23.7 Å². The molecule has 0 heterocycles. The number of carbonyl (C=O) groups is 2. The van der Waals surface area contributed by atoms with Gasteiger partial charge in [-0.05, 0) is 43.4 Å². The minimum Gasteiger partial charge on any atom is -0.497 e. The Morgan fingerprint density at radius 1 is 1.00 bits per heavy atom. The zero-order valence-electron chi connectivity index (χ0n) is 16.6. The van der Waals surface area contributed by atoms with Crippen LogP contribution in [-0.2, 0) is 16.1 Å². The lowest BCUT2D eigenvalue weighted by atomic mass is 9.81. The molecular weight excluding hydrogens is 352 g/mol. The highest BCUT2D eigenvalue weighted by molar-refractivity contribution is 5.93. The molecule has 1 aliphatic rings. The van der Waals surface area contributed by atoms with Crippen molar-refractivity contribution in [2.75, 3.05) is 19.5 Å².